The van der Waals surface area contributed by atoms with Gasteiger partial charge in [0.1, 0.15) is 5.69 Å². The third kappa shape index (κ3) is 3.77. The third-order valence-electron chi connectivity index (χ3n) is 2.58. The predicted octanol–water partition coefficient (Wildman–Crippen LogP) is 2.16. The first kappa shape index (κ1) is 13.5. The molecule has 98 valence electrons. The summed E-state index contributed by atoms with van der Waals surface area (Å²) in [6.45, 7) is 0.360. The van der Waals surface area contributed by atoms with Gasteiger partial charge in [0.2, 0.25) is 0 Å². The van der Waals surface area contributed by atoms with Crippen molar-refractivity contribution in [1.29, 1.82) is 0 Å². The van der Waals surface area contributed by atoms with Gasteiger partial charge in [0, 0.05) is 17.8 Å². The SMILES string of the molecule is O=C(NCc1cccc(CO)c1)c1cc(Cl)ccn1. The van der Waals surface area contributed by atoms with Gasteiger partial charge in [-0.25, -0.2) is 0 Å². The molecular weight excluding hydrogens is 264 g/mol. The van der Waals surface area contributed by atoms with Crippen molar-refractivity contribution in [3.8, 4) is 0 Å². The Morgan fingerprint density at radius 1 is 1.26 bits per heavy atom. The number of aromatic nitrogens is 1. The van der Waals surface area contributed by atoms with E-state index in [2.05, 4.69) is 10.3 Å². The lowest BCUT2D eigenvalue weighted by Crippen LogP contribution is -2.23. The maximum Gasteiger partial charge on any atom is 0.270 e. The molecule has 0 aliphatic carbocycles. The molecule has 0 spiro atoms. The van der Waals surface area contributed by atoms with E-state index < -0.39 is 0 Å². The highest BCUT2D eigenvalue weighted by atomic mass is 35.5. The van der Waals surface area contributed by atoms with E-state index >= 15 is 0 Å². The number of hydrogen-bond acceptors (Lipinski definition) is 3. The van der Waals surface area contributed by atoms with Crippen LogP contribution in [0.25, 0.3) is 0 Å². The van der Waals surface area contributed by atoms with Gasteiger partial charge in [0.05, 0.1) is 6.61 Å². The number of pyridine rings is 1. The van der Waals surface area contributed by atoms with Crippen LogP contribution in [-0.2, 0) is 13.2 Å². The summed E-state index contributed by atoms with van der Waals surface area (Å²) in [5.74, 6) is -0.281. The van der Waals surface area contributed by atoms with Gasteiger partial charge in [-0.05, 0) is 23.3 Å². The lowest BCUT2D eigenvalue weighted by atomic mass is 10.1. The minimum Gasteiger partial charge on any atom is -0.392 e. The van der Waals surface area contributed by atoms with E-state index in [1.807, 2.05) is 24.3 Å². The Labute approximate surface area is 116 Å². The van der Waals surface area contributed by atoms with E-state index in [1.165, 1.54) is 12.3 Å². The van der Waals surface area contributed by atoms with E-state index in [0.29, 0.717) is 11.6 Å². The highest BCUT2D eigenvalue weighted by Crippen LogP contribution is 2.09. The normalized spacial score (nSPS) is 10.2. The molecule has 0 radical (unpaired) electrons. The third-order valence-corrected chi connectivity index (χ3v) is 2.82. The average Bonchev–Trinajstić information content (AvgIpc) is 2.45. The summed E-state index contributed by atoms with van der Waals surface area (Å²) < 4.78 is 0. The van der Waals surface area contributed by atoms with E-state index in [9.17, 15) is 4.79 Å². The lowest BCUT2D eigenvalue weighted by molar-refractivity contribution is 0.0946. The van der Waals surface area contributed by atoms with Gasteiger partial charge in [-0.2, -0.15) is 0 Å². The Morgan fingerprint density at radius 3 is 2.79 bits per heavy atom. The van der Waals surface area contributed by atoms with Crippen molar-refractivity contribution in [2.24, 2.45) is 0 Å². The number of carbonyl (C=O) groups is 1. The summed E-state index contributed by atoms with van der Waals surface area (Å²) in [6, 6.07) is 10.5. The van der Waals surface area contributed by atoms with E-state index in [1.54, 1.807) is 6.07 Å². The lowest BCUT2D eigenvalue weighted by Gasteiger charge is -2.06. The number of halogens is 1. The van der Waals surface area contributed by atoms with Gasteiger partial charge >= 0.3 is 0 Å². The van der Waals surface area contributed by atoms with Gasteiger partial charge in [0.15, 0.2) is 0 Å². The van der Waals surface area contributed by atoms with E-state index in [-0.39, 0.29) is 18.2 Å². The quantitative estimate of drug-likeness (QED) is 0.899. The molecule has 0 saturated carbocycles. The molecule has 2 aromatic rings. The molecule has 0 atom stereocenters. The number of amides is 1. The minimum absolute atomic E-state index is 0.0162. The molecule has 0 unspecified atom stereocenters. The number of hydrogen-bond donors (Lipinski definition) is 2. The molecule has 4 nitrogen and oxygen atoms in total. The fourth-order valence-corrected chi connectivity index (χ4v) is 1.80. The van der Waals surface area contributed by atoms with Gasteiger partial charge < -0.3 is 10.4 Å². The summed E-state index contributed by atoms with van der Waals surface area (Å²) in [5, 5.41) is 12.3. The van der Waals surface area contributed by atoms with Crippen LogP contribution in [0.2, 0.25) is 5.02 Å². The summed E-state index contributed by atoms with van der Waals surface area (Å²) in [6.07, 6.45) is 1.49. The van der Waals surface area contributed by atoms with Crippen LogP contribution >= 0.6 is 11.6 Å². The molecule has 19 heavy (non-hydrogen) atoms. The number of benzene rings is 1. The second kappa shape index (κ2) is 6.31. The topological polar surface area (TPSA) is 62.2 Å². The fraction of sp³-hybridized carbons (Fsp3) is 0.143. The second-order valence-electron chi connectivity index (χ2n) is 4.02. The minimum atomic E-state index is -0.281. The van der Waals surface area contributed by atoms with Crippen LogP contribution in [0.1, 0.15) is 21.6 Å². The molecule has 0 bridgehead atoms. The molecule has 2 N–H and O–H groups in total. The fourth-order valence-electron chi connectivity index (χ4n) is 1.64. The van der Waals surface area contributed by atoms with Crippen LogP contribution in [0.15, 0.2) is 42.6 Å². The Bertz CT molecular complexity index is 587. The number of nitrogens with one attached hydrogen (secondary N) is 1. The van der Waals surface area contributed by atoms with Crippen LogP contribution < -0.4 is 5.32 Å². The summed E-state index contributed by atoms with van der Waals surface area (Å²) >= 11 is 5.80. The summed E-state index contributed by atoms with van der Waals surface area (Å²) in [5.41, 5.74) is 2.01. The Balaban J connectivity index is 2.00. The summed E-state index contributed by atoms with van der Waals surface area (Å²) in [4.78, 5) is 15.8. The van der Waals surface area contributed by atoms with Crippen LogP contribution in [0, 0.1) is 0 Å². The van der Waals surface area contributed by atoms with Crippen LogP contribution in [-0.4, -0.2) is 16.0 Å². The first-order valence-corrected chi connectivity index (χ1v) is 6.15. The molecule has 1 aromatic carbocycles. The molecule has 0 fully saturated rings. The molecule has 5 heteroatoms. The number of carbonyl (C=O) groups excluding carboxylic acids is 1. The Hall–Kier alpha value is -1.91. The van der Waals surface area contributed by atoms with Gasteiger partial charge in [0.25, 0.3) is 5.91 Å². The molecule has 0 aliphatic heterocycles. The first-order chi connectivity index (χ1) is 9.19. The van der Waals surface area contributed by atoms with Crippen LogP contribution in [0.3, 0.4) is 0 Å². The van der Waals surface area contributed by atoms with Crippen LogP contribution in [0.4, 0.5) is 0 Å². The molecule has 2 rings (SSSR count). The molecule has 0 saturated heterocycles. The number of aliphatic hydroxyl groups excluding tert-OH is 1. The molecule has 0 aliphatic rings. The van der Waals surface area contributed by atoms with Crippen molar-refractivity contribution >= 4 is 17.5 Å². The first-order valence-electron chi connectivity index (χ1n) is 5.77. The monoisotopic (exact) mass is 276 g/mol. The van der Waals surface area contributed by atoms with Gasteiger partial charge in [-0.3, -0.25) is 9.78 Å². The molecule has 1 heterocycles. The highest BCUT2D eigenvalue weighted by Gasteiger charge is 2.07. The van der Waals surface area contributed by atoms with Crippen molar-refractivity contribution in [2.75, 3.05) is 0 Å². The second-order valence-corrected chi connectivity index (χ2v) is 4.46. The van der Waals surface area contributed by atoms with Crippen LogP contribution in [0.5, 0.6) is 0 Å². The number of rotatable bonds is 4. The van der Waals surface area contributed by atoms with Crippen molar-refractivity contribution in [3.63, 3.8) is 0 Å². The smallest absolute Gasteiger partial charge is 0.270 e. The van der Waals surface area contributed by atoms with Crippen molar-refractivity contribution in [2.45, 2.75) is 13.2 Å². The Kier molecular flexibility index (Phi) is 4.49. The maximum atomic E-state index is 11.8. The number of nitrogens with zero attached hydrogens (tertiary/aromatic N) is 1. The van der Waals surface area contributed by atoms with E-state index in [4.69, 9.17) is 16.7 Å². The molecule has 1 amide bonds. The zero-order valence-corrected chi connectivity index (χ0v) is 10.9. The largest absolute Gasteiger partial charge is 0.392 e. The van der Waals surface area contributed by atoms with Gasteiger partial charge in [-0.1, -0.05) is 35.9 Å². The van der Waals surface area contributed by atoms with Crippen molar-refractivity contribution in [3.05, 3.63) is 64.4 Å². The molecule has 1 aromatic heterocycles. The molecular formula is C14H13ClN2O2. The van der Waals surface area contributed by atoms with E-state index in [0.717, 1.165) is 11.1 Å². The van der Waals surface area contributed by atoms with Crippen molar-refractivity contribution < 1.29 is 9.90 Å². The zero-order chi connectivity index (χ0) is 13.7. The summed E-state index contributed by atoms with van der Waals surface area (Å²) in [7, 11) is 0. The highest BCUT2D eigenvalue weighted by molar-refractivity contribution is 6.30. The van der Waals surface area contributed by atoms with Crippen molar-refractivity contribution in [1.82, 2.24) is 10.3 Å². The Morgan fingerprint density at radius 2 is 2.05 bits per heavy atom. The predicted molar refractivity (Wildman–Crippen MR) is 72.8 cm³/mol. The zero-order valence-electron chi connectivity index (χ0n) is 10.1. The van der Waals surface area contributed by atoms with Gasteiger partial charge in [-0.15, -0.1) is 0 Å². The maximum absolute atomic E-state index is 11.8. The average molecular weight is 277 g/mol. The standard InChI is InChI=1S/C14H13ClN2O2/c15-12-4-5-16-13(7-12)14(19)17-8-10-2-1-3-11(6-10)9-18/h1-7,18H,8-9H2,(H,17,19). The number of aliphatic hydroxyl groups is 1.